The van der Waals surface area contributed by atoms with E-state index in [1.54, 1.807) is 0 Å². The number of hydrogen-bond acceptors (Lipinski definition) is 5. The highest BCUT2D eigenvalue weighted by Crippen LogP contribution is 2.26. The summed E-state index contributed by atoms with van der Waals surface area (Å²) in [6.45, 7) is 0. The number of nitrogens with one attached hydrogen (secondary N) is 1. The lowest BCUT2D eigenvalue weighted by Gasteiger charge is -2.20. The molecule has 0 spiro atoms. The molecule has 0 radical (unpaired) electrons. The summed E-state index contributed by atoms with van der Waals surface area (Å²) in [5.41, 5.74) is 2.12. The molecule has 0 saturated heterocycles. The molecule has 0 fully saturated rings. The Morgan fingerprint density at radius 3 is 2.38 bits per heavy atom. The number of anilines is 1. The first-order chi connectivity index (χ1) is 12.7. The Morgan fingerprint density at radius 1 is 1.12 bits per heavy atom. The van der Waals surface area contributed by atoms with Gasteiger partial charge in [0, 0.05) is 6.07 Å². The topological polar surface area (TPSA) is 91.8 Å². The molecule has 1 N–H and O–H groups in total. The van der Waals surface area contributed by atoms with E-state index in [0.717, 1.165) is 17.3 Å². The molecule has 0 aliphatic rings. The third kappa shape index (κ3) is 4.02. The maximum Gasteiger partial charge on any atom is 0.289 e. The molecule has 3 aromatic rings. The third-order valence-corrected chi connectivity index (χ3v) is 4.00. The molecule has 128 valence electrons. The van der Waals surface area contributed by atoms with Gasteiger partial charge in [0.15, 0.2) is 0 Å². The first-order valence-electron chi connectivity index (χ1n) is 8.07. The van der Waals surface area contributed by atoms with Gasteiger partial charge >= 0.3 is 0 Å². The zero-order chi connectivity index (χ0) is 18.4. The van der Waals surface area contributed by atoms with Crippen LogP contribution < -0.4 is 5.32 Å². The highest BCUT2D eigenvalue weighted by atomic mass is 16.6. The van der Waals surface area contributed by atoms with Crippen LogP contribution in [0.5, 0.6) is 0 Å². The van der Waals surface area contributed by atoms with Crippen molar-refractivity contribution < 1.29 is 4.92 Å². The smallest absolute Gasteiger partial charge is 0.289 e. The molecule has 0 bridgehead atoms. The molecule has 1 heterocycles. The molecule has 2 aromatic carbocycles. The summed E-state index contributed by atoms with van der Waals surface area (Å²) in [6.07, 6.45) is 1.85. The number of nitro groups is 1. The molecule has 1 aromatic heterocycles. The molecule has 3 rings (SSSR count). The van der Waals surface area contributed by atoms with Crippen molar-refractivity contribution in [3.63, 3.8) is 0 Å². The SMILES string of the molecule is N#Cc1cc([N+](=O)[O-])cnc1N[C@H](Cc1ccccc1)c1ccccc1. The first-order valence-corrected chi connectivity index (χ1v) is 8.07. The fraction of sp³-hybridized carbons (Fsp3) is 0.100. The van der Waals surface area contributed by atoms with Gasteiger partial charge in [-0.05, 0) is 17.5 Å². The number of aromatic nitrogens is 1. The molecule has 1 atom stereocenters. The van der Waals surface area contributed by atoms with E-state index in [1.807, 2.05) is 66.7 Å². The average molecular weight is 344 g/mol. The van der Waals surface area contributed by atoms with Gasteiger partial charge in [0.05, 0.1) is 11.0 Å². The largest absolute Gasteiger partial charge is 0.362 e. The fourth-order valence-electron chi connectivity index (χ4n) is 2.71. The summed E-state index contributed by atoms with van der Waals surface area (Å²) in [7, 11) is 0. The monoisotopic (exact) mass is 344 g/mol. The second-order valence-corrected chi connectivity index (χ2v) is 5.76. The average Bonchev–Trinajstić information content (AvgIpc) is 2.69. The molecule has 6 heteroatoms. The van der Waals surface area contributed by atoms with Crippen LogP contribution in [0, 0.1) is 21.4 Å². The van der Waals surface area contributed by atoms with Crippen molar-refractivity contribution in [1.82, 2.24) is 4.98 Å². The van der Waals surface area contributed by atoms with Gasteiger partial charge in [-0.25, -0.2) is 4.98 Å². The Morgan fingerprint density at radius 2 is 1.77 bits per heavy atom. The van der Waals surface area contributed by atoms with E-state index in [-0.39, 0.29) is 17.3 Å². The molecule has 0 unspecified atom stereocenters. The van der Waals surface area contributed by atoms with Crippen LogP contribution in [0.4, 0.5) is 11.5 Å². The third-order valence-electron chi connectivity index (χ3n) is 4.00. The van der Waals surface area contributed by atoms with Crippen LogP contribution in [0.25, 0.3) is 0 Å². The number of benzene rings is 2. The van der Waals surface area contributed by atoms with Gasteiger partial charge in [-0.3, -0.25) is 10.1 Å². The van der Waals surface area contributed by atoms with Crippen LogP contribution in [-0.4, -0.2) is 9.91 Å². The van der Waals surface area contributed by atoms with Crippen LogP contribution in [0.2, 0.25) is 0 Å². The molecule has 0 saturated carbocycles. The van der Waals surface area contributed by atoms with Crippen LogP contribution in [0.1, 0.15) is 22.7 Å². The van der Waals surface area contributed by atoms with Gasteiger partial charge in [0.2, 0.25) is 0 Å². The van der Waals surface area contributed by atoms with Gasteiger partial charge < -0.3 is 5.32 Å². The van der Waals surface area contributed by atoms with Gasteiger partial charge in [0.1, 0.15) is 23.6 Å². The summed E-state index contributed by atoms with van der Waals surface area (Å²) in [6, 6.07) is 22.9. The van der Waals surface area contributed by atoms with E-state index < -0.39 is 4.92 Å². The van der Waals surface area contributed by atoms with Crippen molar-refractivity contribution in [2.75, 3.05) is 5.32 Å². The lowest BCUT2D eigenvalue weighted by Crippen LogP contribution is -2.15. The molecular formula is C20H16N4O2. The van der Waals surface area contributed by atoms with Gasteiger partial charge in [0.25, 0.3) is 5.69 Å². The lowest BCUT2D eigenvalue weighted by atomic mass is 9.98. The second-order valence-electron chi connectivity index (χ2n) is 5.76. The molecule has 26 heavy (non-hydrogen) atoms. The highest BCUT2D eigenvalue weighted by molar-refractivity contribution is 5.56. The van der Waals surface area contributed by atoms with Crippen molar-refractivity contribution in [3.8, 4) is 6.07 Å². The normalized spacial score (nSPS) is 11.3. The lowest BCUT2D eigenvalue weighted by molar-refractivity contribution is -0.385. The zero-order valence-corrected chi connectivity index (χ0v) is 13.9. The van der Waals surface area contributed by atoms with Crippen LogP contribution in [0.15, 0.2) is 72.9 Å². The maximum atomic E-state index is 10.9. The number of nitriles is 1. The van der Waals surface area contributed by atoms with Crippen molar-refractivity contribution in [3.05, 3.63) is 99.7 Å². The maximum absolute atomic E-state index is 10.9. The predicted molar refractivity (Wildman–Crippen MR) is 98.6 cm³/mol. The van der Waals surface area contributed by atoms with Crippen LogP contribution in [-0.2, 0) is 6.42 Å². The Balaban J connectivity index is 1.93. The van der Waals surface area contributed by atoms with E-state index in [0.29, 0.717) is 12.2 Å². The quantitative estimate of drug-likeness (QED) is 0.533. The standard InChI is InChI=1S/C20H16N4O2/c21-13-17-12-18(24(25)26)14-22-20(17)23-19(16-9-5-2-6-10-16)11-15-7-3-1-4-8-15/h1-10,12,14,19H,11H2,(H,22,23)/t19-/m1/s1. The Hall–Kier alpha value is -3.72. The van der Waals surface area contributed by atoms with Gasteiger partial charge in [-0.1, -0.05) is 60.7 Å². The summed E-state index contributed by atoms with van der Waals surface area (Å²) in [5, 5.41) is 23.5. The Labute approximate surface area is 150 Å². The molecule has 0 amide bonds. The Bertz CT molecular complexity index is 937. The summed E-state index contributed by atoms with van der Waals surface area (Å²) in [4.78, 5) is 14.4. The number of pyridine rings is 1. The van der Waals surface area contributed by atoms with Crippen molar-refractivity contribution >= 4 is 11.5 Å². The van der Waals surface area contributed by atoms with Gasteiger partial charge in [-0.15, -0.1) is 0 Å². The summed E-state index contributed by atoms with van der Waals surface area (Å²) in [5.74, 6) is 0.336. The number of nitrogens with zero attached hydrogens (tertiary/aromatic N) is 3. The second kappa shape index (κ2) is 7.90. The van der Waals surface area contributed by atoms with Crippen LogP contribution >= 0.6 is 0 Å². The van der Waals surface area contributed by atoms with Crippen LogP contribution in [0.3, 0.4) is 0 Å². The Kier molecular flexibility index (Phi) is 5.20. The first kappa shape index (κ1) is 17.1. The van der Waals surface area contributed by atoms with Gasteiger partial charge in [-0.2, -0.15) is 5.26 Å². The minimum Gasteiger partial charge on any atom is -0.362 e. The predicted octanol–water partition coefficient (Wildman–Crippen LogP) is 4.26. The number of hydrogen-bond donors (Lipinski definition) is 1. The highest BCUT2D eigenvalue weighted by Gasteiger charge is 2.17. The minimum atomic E-state index is -0.559. The zero-order valence-electron chi connectivity index (χ0n) is 13.9. The van der Waals surface area contributed by atoms with E-state index in [2.05, 4.69) is 10.3 Å². The molecular weight excluding hydrogens is 328 g/mol. The number of rotatable bonds is 6. The van der Waals surface area contributed by atoms with Crippen molar-refractivity contribution in [2.45, 2.75) is 12.5 Å². The summed E-state index contributed by atoms with van der Waals surface area (Å²) < 4.78 is 0. The van der Waals surface area contributed by atoms with E-state index in [9.17, 15) is 15.4 Å². The fourth-order valence-corrected chi connectivity index (χ4v) is 2.71. The van der Waals surface area contributed by atoms with Crippen molar-refractivity contribution in [2.24, 2.45) is 0 Å². The molecule has 0 aliphatic carbocycles. The summed E-state index contributed by atoms with van der Waals surface area (Å²) >= 11 is 0. The molecule has 0 aliphatic heterocycles. The van der Waals surface area contributed by atoms with E-state index in [4.69, 9.17) is 0 Å². The van der Waals surface area contributed by atoms with Crippen molar-refractivity contribution in [1.29, 1.82) is 5.26 Å². The minimum absolute atomic E-state index is 0.125. The van der Waals surface area contributed by atoms with E-state index in [1.165, 1.54) is 6.07 Å². The van der Waals surface area contributed by atoms with E-state index >= 15 is 0 Å². The molecule has 6 nitrogen and oxygen atoms in total.